The largest absolute Gasteiger partial charge is 0.495 e. The van der Waals surface area contributed by atoms with Gasteiger partial charge in [-0.15, -0.1) is 0 Å². The number of aryl methyl sites for hydroxylation is 2. The van der Waals surface area contributed by atoms with Crippen molar-refractivity contribution in [3.8, 4) is 5.75 Å². The van der Waals surface area contributed by atoms with Crippen LogP contribution in [0.4, 0.5) is 11.4 Å². The van der Waals surface area contributed by atoms with Gasteiger partial charge >= 0.3 is 0 Å². The molecule has 146 valence electrons. The van der Waals surface area contributed by atoms with Crippen molar-refractivity contribution in [2.45, 2.75) is 25.2 Å². The summed E-state index contributed by atoms with van der Waals surface area (Å²) in [6.45, 7) is 3.97. The quantitative estimate of drug-likeness (QED) is 0.818. The number of nitrogens with zero attached hydrogens (tertiary/aromatic N) is 1. The lowest BCUT2D eigenvalue weighted by atomic mass is 10.2. The van der Waals surface area contributed by atoms with Crippen LogP contribution in [0.5, 0.6) is 5.75 Å². The van der Waals surface area contributed by atoms with E-state index in [0.29, 0.717) is 29.9 Å². The summed E-state index contributed by atoms with van der Waals surface area (Å²) in [5, 5.41) is 0. The minimum absolute atomic E-state index is 0.0515. The average molecular weight is 411 g/mol. The van der Waals surface area contributed by atoms with E-state index in [0.717, 1.165) is 5.56 Å². The lowest BCUT2D eigenvalue weighted by Crippen LogP contribution is -2.25. The van der Waals surface area contributed by atoms with Crippen molar-refractivity contribution in [1.82, 2.24) is 0 Å². The predicted molar refractivity (Wildman–Crippen MR) is 105 cm³/mol. The van der Waals surface area contributed by atoms with Gasteiger partial charge in [0.1, 0.15) is 10.6 Å². The van der Waals surface area contributed by atoms with Crippen molar-refractivity contribution in [3.05, 3.63) is 47.5 Å². The zero-order valence-electron chi connectivity index (χ0n) is 15.4. The first-order chi connectivity index (χ1) is 12.6. The van der Waals surface area contributed by atoms with Crippen LogP contribution in [0.15, 0.2) is 41.3 Å². The molecule has 1 aliphatic heterocycles. The fraction of sp³-hybridized carbons (Fsp3) is 0.333. The highest BCUT2D eigenvalue weighted by Crippen LogP contribution is 2.31. The van der Waals surface area contributed by atoms with Gasteiger partial charge in [0.2, 0.25) is 10.0 Å². The Morgan fingerprint density at radius 2 is 1.85 bits per heavy atom. The van der Waals surface area contributed by atoms with Crippen LogP contribution in [0.3, 0.4) is 0 Å². The SMILES string of the molecule is COc1ccc(C)cc1S(=O)(=O)Nc1ccc(N2CCCS2(=O)=O)cc1C. The van der Waals surface area contributed by atoms with Crippen molar-refractivity contribution in [2.24, 2.45) is 0 Å². The van der Waals surface area contributed by atoms with Gasteiger partial charge in [-0.05, 0) is 61.7 Å². The van der Waals surface area contributed by atoms with E-state index in [1.165, 1.54) is 11.4 Å². The molecule has 2 aromatic rings. The Morgan fingerprint density at radius 3 is 2.44 bits per heavy atom. The molecule has 7 nitrogen and oxygen atoms in total. The number of hydrogen-bond donors (Lipinski definition) is 1. The fourth-order valence-corrected chi connectivity index (χ4v) is 5.98. The van der Waals surface area contributed by atoms with Crippen molar-refractivity contribution < 1.29 is 21.6 Å². The minimum Gasteiger partial charge on any atom is -0.495 e. The zero-order valence-corrected chi connectivity index (χ0v) is 17.0. The van der Waals surface area contributed by atoms with E-state index < -0.39 is 20.0 Å². The fourth-order valence-electron chi connectivity index (χ4n) is 3.04. The van der Waals surface area contributed by atoms with Gasteiger partial charge in [0.25, 0.3) is 10.0 Å². The number of rotatable bonds is 5. The van der Waals surface area contributed by atoms with E-state index >= 15 is 0 Å². The Hall–Kier alpha value is -2.26. The number of ether oxygens (including phenoxy) is 1. The molecule has 1 heterocycles. The van der Waals surface area contributed by atoms with Gasteiger partial charge in [0.15, 0.2) is 0 Å². The first-order valence-corrected chi connectivity index (χ1v) is 11.5. The summed E-state index contributed by atoms with van der Waals surface area (Å²) in [4.78, 5) is 0.0515. The highest BCUT2D eigenvalue weighted by Gasteiger charge is 2.29. The lowest BCUT2D eigenvalue weighted by molar-refractivity contribution is 0.402. The zero-order chi connectivity index (χ0) is 19.8. The summed E-state index contributed by atoms with van der Waals surface area (Å²) in [5.41, 5.74) is 2.35. The molecule has 0 aliphatic carbocycles. The van der Waals surface area contributed by atoms with E-state index in [9.17, 15) is 16.8 Å². The smallest absolute Gasteiger partial charge is 0.265 e. The van der Waals surface area contributed by atoms with Gasteiger partial charge in [0, 0.05) is 6.54 Å². The highest BCUT2D eigenvalue weighted by atomic mass is 32.2. The molecule has 3 rings (SSSR count). The third-order valence-electron chi connectivity index (χ3n) is 4.45. The van der Waals surface area contributed by atoms with Crippen LogP contribution in [-0.2, 0) is 20.0 Å². The van der Waals surface area contributed by atoms with Gasteiger partial charge < -0.3 is 4.74 Å². The molecule has 1 N–H and O–H groups in total. The standard InChI is InChI=1S/C18H22N2O5S2/c1-13-5-8-17(25-3)18(11-13)27(23,24)19-16-7-6-15(12-14(16)2)20-9-4-10-26(20,21)22/h5-8,11-12,19H,4,9-10H2,1-3H3. The van der Waals surface area contributed by atoms with Gasteiger partial charge in [-0.25, -0.2) is 16.8 Å². The third-order valence-corrected chi connectivity index (χ3v) is 7.71. The molecule has 1 fully saturated rings. The number of methoxy groups -OCH3 is 1. The maximum atomic E-state index is 12.8. The van der Waals surface area contributed by atoms with E-state index in [1.54, 1.807) is 50.2 Å². The number of nitrogens with one attached hydrogen (secondary N) is 1. The van der Waals surface area contributed by atoms with Gasteiger partial charge in [-0.3, -0.25) is 9.03 Å². The van der Waals surface area contributed by atoms with Crippen LogP contribution in [-0.4, -0.2) is 36.2 Å². The van der Waals surface area contributed by atoms with Crippen molar-refractivity contribution in [1.29, 1.82) is 0 Å². The first-order valence-electron chi connectivity index (χ1n) is 8.42. The van der Waals surface area contributed by atoms with Crippen LogP contribution < -0.4 is 13.8 Å². The molecular formula is C18H22N2O5S2. The van der Waals surface area contributed by atoms with E-state index in [4.69, 9.17) is 4.74 Å². The average Bonchev–Trinajstić information content (AvgIpc) is 2.96. The highest BCUT2D eigenvalue weighted by molar-refractivity contribution is 7.93. The number of benzene rings is 2. The van der Waals surface area contributed by atoms with Crippen LogP contribution >= 0.6 is 0 Å². The molecule has 9 heteroatoms. The molecule has 0 aromatic heterocycles. The molecule has 0 unspecified atom stereocenters. The molecule has 27 heavy (non-hydrogen) atoms. The second kappa shape index (κ2) is 7.05. The van der Waals surface area contributed by atoms with Gasteiger partial charge in [0.05, 0.1) is 24.2 Å². The van der Waals surface area contributed by atoms with Gasteiger partial charge in [-0.2, -0.15) is 0 Å². The summed E-state index contributed by atoms with van der Waals surface area (Å²) in [6.07, 6.45) is 0.586. The Labute approximate surface area is 160 Å². The van der Waals surface area contributed by atoms with Crippen molar-refractivity contribution in [2.75, 3.05) is 28.4 Å². The minimum atomic E-state index is -3.86. The first kappa shape index (κ1) is 19.5. The monoisotopic (exact) mass is 410 g/mol. The number of hydrogen-bond acceptors (Lipinski definition) is 5. The summed E-state index contributed by atoms with van der Waals surface area (Å²) >= 11 is 0. The molecule has 0 bridgehead atoms. The molecule has 0 saturated carbocycles. The molecule has 0 amide bonds. The topological polar surface area (TPSA) is 92.8 Å². The summed E-state index contributed by atoms with van der Waals surface area (Å²) < 4.78 is 58.9. The summed E-state index contributed by atoms with van der Waals surface area (Å²) in [6, 6.07) is 9.79. The predicted octanol–water partition coefficient (Wildman–Crippen LogP) is 2.65. The Balaban J connectivity index is 1.93. The lowest BCUT2D eigenvalue weighted by Gasteiger charge is -2.19. The maximum absolute atomic E-state index is 12.8. The molecule has 1 aliphatic rings. The second-order valence-corrected chi connectivity index (χ2v) is 10.2. The Kier molecular flexibility index (Phi) is 5.09. The van der Waals surface area contributed by atoms with E-state index in [-0.39, 0.29) is 16.4 Å². The normalized spacial score (nSPS) is 16.3. The summed E-state index contributed by atoms with van der Waals surface area (Å²) in [7, 11) is -5.73. The number of sulfonamides is 2. The van der Waals surface area contributed by atoms with Crippen LogP contribution in [0.25, 0.3) is 0 Å². The molecular weight excluding hydrogens is 388 g/mol. The Bertz CT molecular complexity index is 1080. The number of anilines is 2. The van der Waals surface area contributed by atoms with E-state index in [1.807, 2.05) is 0 Å². The molecule has 0 spiro atoms. The maximum Gasteiger partial charge on any atom is 0.265 e. The van der Waals surface area contributed by atoms with E-state index in [2.05, 4.69) is 4.72 Å². The van der Waals surface area contributed by atoms with Crippen molar-refractivity contribution in [3.63, 3.8) is 0 Å². The van der Waals surface area contributed by atoms with Crippen molar-refractivity contribution >= 4 is 31.4 Å². The molecule has 0 atom stereocenters. The van der Waals surface area contributed by atoms with Crippen LogP contribution in [0, 0.1) is 13.8 Å². The van der Waals surface area contributed by atoms with Crippen LogP contribution in [0.2, 0.25) is 0 Å². The molecule has 1 saturated heterocycles. The van der Waals surface area contributed by atoms with Crippen LogP contribution in [0.1, 0.15) is 17.5 Å². The second-order valence-electron chi connectivity index (χ2n) is 6.50. The third kappa shape index (κ3) is 3.89. The Morgan fingerprint density at radius 1 is 1.11 bits per heavy atom. The molecule has 0 radical (unpaired) electrons. The summed E-state index contributed by atoms with van der Waals surface area (Å²) in [5.74, 6) is 0.388. The van der Waals surface area contributed by atoms with Gasteiger partial charge in [-0.1, -0.05) is 6.07 Å². The molecule has 2 aromatic carbocycles.